The van der Waals surface area contributed by atoms with E-state index in [0.717, 1.165) is 48.0 Å². The van der Waals surface area contributed by atoms with Crippen LogP contribution < -0.4 is 9.64 Å². The molecule has 11 heteroatoms. The monoisotopic (exact) mass is 528 g/mol. The van der Waals surface area contributed by atoms with E-state index in [-0.39, 0.29) is 24.4 Å². The molecule has 38 heavy (non-hydrogen) atoms. The molecule has 1 aromatic carbocycles. The zero-order chi connectivity index (χ0) is 27.0. The lowest BCUT2D eigenvalue weighted by Crippen LogP contribution is -2.42. The standard InChI is InChI=1S/C27H30F2N4O5/c1-15-9-10-19-20(32(15)27(36)37-2)11-12-21-24(19)31-22(14-17-6-4-8-23(30-17)38-26(28)29)33(21)18-7-3-5-16(13-18)25(34)35/h4,6,8,11-12,15-16,18,26H,3,5,7,9-10,13-14H2,1-2H3,(H,34,35)/t15?,16-,18-/m1/s1. The van der Waals surface area contributed by atoms with Crippen LogP contribution in [-0.4, -0.2) is 51.5 Å². The Kier molecular flexibility index (Phi) is 7.18. The zero-order valence-electron chi connectivity index (χ0n) is 21.3. The Morgan fingerprint density at radius 2 is 1.97 bits per heavy atom. The van der Waals surface area contributed by atoms with Gasteiger partial charge in [-0.15, -0.1) is 0 Å². The van der Waals surface area contributed by atoms with Gasteiger partial charge < -0.3 is 19.1 Å². The van der Waals surface area contributed by atoms with Crippen molar-refractivity contribution in [3.63, 3.8) is 0 Å². The third-order valence-corrected chi connectivity index (χ3v) is 7.59. The lowest BCUT2D eigenvalue weighted by Gasteiger charge is -2.34. The molecule has 2 aliphatic rings. The fraction of sp³-hybridized carbons (Fsp3) is 0.481. The Bertz CT molecular complexity index is 1360. The predicted octanol–water partition coefficient (Wildman–Crippen LogP) is 5.35. The molecule has 0 bridgehead atoms. The van der Waals surface area contributed by atoms with Crippen molar-refractivity contribution in [1.29, 1.82) is 0 Å². The van der Waals surface area contributed by atoms with Crippen LogP contribution in [0.2, 0.25) is 0 Å². The van der Waals surface area contributed by atoms with Gasteiger partial charge in [-0.05, 0) is 57.2 Å². The summed E-state index contributed by atoms with van der Waals surface area (Å²) in [6.45, 7) is -1.01. The molecular formula is C27H30F2N4O5. The van der Waals surface area contributed by atoms with Gasteiger partial charge in [0.2, 0.25) is 5.88 Å². The summed E-state index contributed by atoms with van der Waals surface area (Å²) in [5.41, 5.74) is 3.78. The maximum Gasteiger partial charge on any atom is 0.414 e. The Morgan fingerprint density at radius 3 is 2.71 bits per heavy atom. The average Bonchev–Trinajstić information content (AvgIpc) is 3.26. The molecule has 1 unspecified atom stereocenters. The van der Waals surface area contributed by atoms with Gasteiger partial charge >= 0.3 is 18.7 Å². The van der Waals surface area contributed by atoms with Gasteiger partial charge in [0, 0.05) is 30.1 Å². The van der Waals surface area contributed by atoms with E-state index < -0.39 is 24.6 Å². The van der Waals surface area contributed by atoms with Gasteiger partial charge in [-0.25, -0.2) is 14.8 Å². The minimum Gasteiger partial charge on any atom is -0.481 e. The molecule has 1 aliphatic carbocycles. The number of aromatic nitrogens is 3. The smallest absolute Gasteiger partial charge is 0.414 e. The number of carboxylic acid groups (broad SMARTS) is 1. The Hall–Kier alpha value is -3.76. The Labute approximate surface area is 218 Å². The number of imidazole rings is 1. The minimum atomic E-state index is -2.98. The average molecular weight is 529 g/mol. The molecule has 0 spiro atoms. The minimum absolute atomic E-state index is 0.0367. The van der Waals surface area contributed by atoms with Crippen molar-refractivity contribution in [3.05, 3.63) is 47.4 Å². The molecule has 0 radical (unpaired) electrons. The molecule has 3 aromatic rings. The van der Waals surface area contributed by atoms with E-state index in [1.165, 1.54) is 13.2 Å². The van der Waals surface area contributed by atoms with Gasteiger partial charge in [0.1, 0.15) is 5.82 Å². The summed E-state index contributed by atoms with van der Waals surface area (Å²) in [4.78, 5) is 35.3. The van der Waals surface area contributed by atoms with Gasteiger partial charge in [0.25, 0.3) is 0 Å². The van der Waals surface area contributed by atoms with E-state index in [2.05, 4.69) is 14.3 Å². The van der Waals surface area contributed by atoms with Crippen molar-refractivity contribution in [2.45, 2.75) is 70.6 Å². The molecule has 3 atom stereocenters. The topological polar surface area (TPSA) is 107 Å². The van der Waals surface area contributed by atoms with Crippen molar-refractivity contribution in [3.8, 4) is 5.88 Å². The highest BCUT2D eigenvalue weighted by Gasteiger charge is 2.34. The first-order chi connectivity index (χ1) is 18.3. The number of aryl methyl sites for hydroxylation is 1. The number of fused-ring (bicyclic) bond motifs is 3. The number of benzene rings is 1. The quantitative estimate of drug-likeness (QED) is 0.460. The molecule has 202 valence electrons. The number of ether oxygens (including phenoxy) is 2. The number of anilines is 1. The fourth-order valence-electron chi connectivity index (χ4n) is 5.85. The SMILES string of the molecule is COC(=O)N1c2ccc3c(nc(Cc4cccc(OC(F)F)n4)n3[C@@H]3CCC[C@@H](C(=O)O)C3)c2CCC1C. The first kappa shape index (κ1) is 25.9. The van der Waals surface area contributed by atoms with Crippen LogP contribution in [0.3, 0.4) is 0 Å². The number of alkyl halides is 2. The molecule has 1 fully saturated rings. The van der Waals surface area contributed by atoms with Crippen LogP contribution >= 0.6 is 0 Å². The number of amides is 1. The summed E-state index contributed by atoms with van der Waals surface area (Å²) in [5, 5.41) is 9.70. The molecule has 1 saturated carbocycles. The number of halogens is 2. The number of hydrogen-bond acceptors (Lipinski definition) is 6. The van der Waals surface area contributed by atoms with Crippen LogP contribution in [0.25, 0.3) is 11.0 Å². The molecule has 5 rings (SSSR count). The molecule has 0 saturated heterocycles. The second-order valence-corrected chi connectivity index (χ2v) is 9.93. The number of rotatable bonds is 6. The molecule has 1 amide bonds. The summed E-state index contributed by atoms with van der Waals surface area (Å²) in [6, 6.07) is 8.39. The first-order valence-electron chi connectivity index (χ1n) is 12.8. The number of carboxylic acids is 1. The van der Waals surface area contributed by atoms with E-state index in [9.17, 15) is 23.5 Å². The van der Waals surface area contributed by atoms with E-state index in [1.807, 2.05) is 19.1 Å². The highest BCUT2D eigenvalue weighted by molar-refractivity contribution is 5.95. The van der Waals surface area contributed by atoms with E-state index in [4.69, 9.17) is 9.72 Å². The molecule has 9 nitrogen and oxygen atoms in total. The highest BCUT2D eigenvalue weighted by atomic mass is 19.3. The van der Waals surface area contributed by atoms with Crippen LogP contribution in [0.15, 0.2) is 30.3 Å². The lowest BCUT2D eigenvalue weighted by atomic mass is 9.85. The second-order valence-electron chi connectivity index (χ2n) is 9.93. The number of pyridine rings is 1. The van der Waals surface area contributed by atoms with E-state index >= 15 is 0 Å². The summed E-state index contributed by atoms with van der Waals surface area (Å²) in [7, 11) is 1.36. The first-order valence-corrected chi connectivity index (χ1v) is 12.8. The van der Waals surface area contributed by atoms with E-state index in [0.29, 0.717) is 24.4 Å². The maximum absolute atomic E-state index is 12.8. The van der Waals surface area contributed by atoms with Crippen LogP contribution in [0, 0.1) is 5.92 Å². The van der Waals surface area contributed by atoms with Crippen molar-refractivity contribution in [1.82, 2.24) is 14.5 Å². The van der Waals surface area contributed by atoms with Crippen molar-refractivity contribution < 1.29 is 33.0 Å². The van der Waals surface area contributed by atoms with Crippen LogP contribution in [0.5, 0.6) is 5.88 Å². The maximum atomic E-state index is 12.8. The van der Waals surface area contributed by atoms with Crippen molar-refractivity contribution in [2.24, 2.45) is 5.92 Å². The molecule has 2 aromatic heterocycles. The summed E-state index contributed by atoms with van der Waals surface area (Å²) in [6.07, 6.45) is 3.94. The Balaban J connectivity index is 1.62. The van der Waals surface area contributed by atoms with Crippen LogP contribution in [-0.2, 0) is 22.4 Å². The predicted molar refractivity (Wildman–Crippen MR) is 135 cm³/mol. The number of carbonyl (C=O) groups is 2. The number of methoxy groups -OCH3 is 1. The molecule has 3 heterocycles. The second kappa shape index (κ2) is 10.5. The number of carbonyl (C=O) groups excluding carboxylic acids is 1. The third-order valence-electron chi connectivity index (χ3n) is 7.59. The Morgan fingerprint density at radius 1 is 1.16 bits per heavy atom. The van der Waals surface area contributed by atoms with Crippen LogP contribution in [0.4, 0.5) is 19.3 Å². The summed E-state index contributed by atoms with van der Waals surface area (Å²) >= 11 is 0. The van der Waals surface area contributed by atoms with Gasteiger partial charge in [-0.1, -0.05) is 12.5 Å². The molecule has 1 N–H and O–H groups in total. The van der Waals surface area contributed by atoms with Gasteiger partial charge in [0.15, 0.2) is 0 Å². The van der Waals surface area contributed by atoms with Gasteiger partial charge in [-0.3, -0.25) is 9.69 Å². The summed E-state index contributed by atoms with van der Waals surface area (Å²) in [5.74, 6) is -0.772. The van der Waals surface area contributed by atoms with E-state index in [1.54, 1.807) is 17.0 Å². The third kappa shape index (κ3) is 4.89. The van der Waals surface area contributed by atoms with Gasteiger partial charge in [-0.2, -0.15) is 8.78 Å². The zero-order valence-corrected chi connectivity index (χ0v) is 21.3. The normalized spacial score (nSPS) is 21.4. The molecular weight excluding hydrogens is 498 g/mol. The lowest BCUT2D eigenvalue weighted by molar-refractivity contribution is -0.143. The van der Waals surface area contributed by atoms with Crippen LogP contribution in [0.1, 0.15) is 62.2 Å². The largest absolute Gasteiger partial charge is 0.481 e. The number of nitrogens with zero attached hydrogens (tertiary/aromatic N) is 4. The van der Waals surface area contributed by atoms with Crippen molar-refractivity contribution in [2.75, 3.05) is 12.0 Å². The number of hydrogen-bond donors (Lipinski definition) is 1. The van der Waals surface area contributed by atoms with Gasteiger partial charge in [0.05, 0.1) is 35.4 Å². The molecule has 1 aliphatic heterocycles. The van der Waals surface area contributed by atoms with Crippen molar-refractivity contribution >= 4 is 28.8 Å². The highest BCUT2D eigenvalue weighted by Crippen LogP contribution is 2.41. The fourth-order valence-corrected chi connectivity index (χ4v) is 5.85. The number of aliphatic carboxylic acids is 1. The summed E-state index contributed by atoms with van der Waals surface area (Å²) < 4.78 is 37.1.